The second kappa shape index (κ2) is 8.63. The summed E-state index contributed by atoms with van der Waals surface area (Å²) in [5, 5.41) is 8.16. The first kappa shape index (κ1) is 18.1. The number of fused-ring (bicyclic) bond motifs is 1. The molecule has 0 fully saturated rings. The van der Waals surface area contributed by atoms with E-state index in [1.165, 1.54) is 0 Å². The maximum Gasteiger partial charge on any atom is 0.245 e. The van der Waals surface area contributed by atoms with Crippen LogP contribution in [-0.2, 0) is 11.2 Å². The summed E-state index contributed by atoms with van der Waals surface area (Å²) in [7, 11) is 0. The highest BCUT2D eigenvalue weighted by Gasteiger charge is 2.07. The standard InChI is InChI=1S/C21H22N2O2S/c1-15(2)14-25-20-10-9-16(18-7-3-4-8-19(18)20)13-22-23-21(24)12-17-6-5-11-26-17/h3-11,13,15H,12,14H2,1-2H3,(H,23,24)/b22-13-. The zero-order valence-electron chi connectivity index (χ0n) is 14.9. The third kappa shape index (κ3) is 4.70. The Balaban J connectivity index is 1.73. The molecule has 0 saturated heterocycles. The Kier molecular flexibility index (Phi) is 6.02. The molecule has 1 aromatic heterocycles. The Bertz CT molecular complexity index is 902. The van der Waals surface area contributed by atoms with Crippen LogP contribution in [0.4, 0.5) is 0 Å². The third-order valence-electron chi connectivity index (χ3n) is 3.80. The first-order chi connectivity index (χ1) is 12.6. The Morgan fingerprint density at radius 3 is 2.69 bits per heavy atom. The van der Waals surface area contributed by atoms with E-state index in [4.69, 9.17) is 4.74 Å². The second-order valence-electron chi connectivity index (χ2n) is 6.45. The molecular weight excluding hydrogens is 344 g/mol. The topological polar surface area (TPSA) is 50.7 Å². The minimum absolute atomic E-state index is 0.120. The summed E-state index contributed by atoms with van der Waals surface area (Å²) in [6.07, 6.45) is 2.03. The Morgan fingerprint density at radius 1 is 1.15 bits per heavy atom. The number of ether oxygens (including phenoxy) is 1. The smallest absolute Gasteiger partial charge is 0.245 e. The van der Waals surface area contributed by atoms with Gasteiger partial charge in [0.05, 0.1) is 19.2 Å². The zero-order chi connectivity index (χ0) is 18.4. The van der Waals surface area contributed by atoms with Gasteiger partial charge < -0.3 is 4.74 Å². The molecule has 0 atom stereocenters. The Hall–Kier alpha value is -2.66. The van der Waals surface area contributed by atoms with Gasteiger partial charge in [0.25, 0.3) is 0 Å². The lowest BCUT2D eigenvalue weighted by atomic mass is 10.0. The molecule has 0 aliphatic rings. The number of carbonyl (C=O) groups excluding carboxylic acids is 1. The van der Waals surface area contributed by atoms with Crippen molar-refractivity contribution in [1.29, 1.82) is 0 Å². The second-order valence-corrected chi connectivity index (χ2v) is 7.48. The largest absolute Gasteiger partial charge is 0.493 e. The van der Waals surface area contributed by atoms with Crippen molar-refractivity contribution in [3.8, 4) is 5.75 Å². The summed E-state index contributed by atoms with van der Waals surface area (Å²) in [4.78, 5) is 13.0. The number of nitrogens with zero attached hydrogens (tertiary/aromatic N) is 1. The number of rotatable bonds is 7. The minimum atomic E-state index is -0.120. The molecule has 0 saturated carbocycles. The summed E-state index contributed by atoms with van der Waals surface area (Å²) < 4.78 is 5.92. The number of thiophene rings is 1. The van der Waals surface area contributed by atoms with Gasteiger partial charge in [-0.25, -0.2) is 5.43 Å². The molecule has 1 amide bonds. The summed E-state index contributed by atoms with van der Waals surface area (Å²) in [5.74, 6) is 1.21. The summed E-state index contributed by atoms with van der Waals surface area (Å²) in [6.45, 7) is 4.93. The van der Waals surface area contributed by atoms with Crippen LogP contribution in [0, 0.1) is 5.92 Å². The van der Waals surface area contributed by atoms with Crippen molar-refractivity contribution in [3.05, 3.63) is 64.4 Å². The summed E-state index contributed by atoms with van der Waals surface area (Å²) in [5.41, 5.74) is 3.53. The van der Waals surface area contributed by atoms with E-state index >= 15 is 0 Å². The number of nitrogens with one attached hydrogen (secondary N) is 1. The number of carbonyl (C=O) groups is 1. The number of hydrogen-bond acceptors (Lipinski definition) is 4. The highest BCUT2D eigenvalue weighted by Crippen LogP contribution is 2.28. The molecule has 4 nitrogen and oxygen atoms in total. The van der Waals surface area contributed by atoms with E-state index in [-0.39, 0.29) is 5.91 Å². The van der Waals surface area contributed by atoms with Crippen molar-refractivity contribution in [2.24, 2.45) is 11.0 Å². The Morgan fingerprint density at radius 2 is 1.96 bits per heavy atom. The molecule has 2 aromatic carbocycles. The molecule has 0 bridgehead atoms. The van der Waals surface area contributed by atoms with Crippen LogP contribution >= 0.6 is 11.3 Å². The molecule has 26 heavy (non-hydrogen) atoms. The third-order valence-corrected chi connectivity index (χ3v) is 4.67. The molecule has 0 unspecified atom stereocenters. The van der Waals surface area contributed by atoms with Crippen molar-refractivity contribution in [1.82, 2.24) is 5.43 Å². The number of hydrogen-bond donors (Lipinski definition) is 1. The average molecular weight is 366 g/mol. The van der Waals surface area contributed by atoms with Gasteiger partial charge in [0.15, 0.2) is 0 Å². The quantitative estimate of drug-likeness (QED) is 0.490. The molecule has 3 rings (SSSR count). The number of amides is 1. The molecule has 134 valence electrons. The number of benzene rings is 2. The fourth-order valence-electron chi connectivity index (χ4n) is 2.57. The minimum Gasteiger partial charge on any atom is -0.493 e. The van der Waals surface area contributed by atoms with E-state index < -0.39 is 0 Å². The highest BCUT2D eigenvalue weighted by atomic mass is 32.1. The highest BCUT2D eigenvalue weighted by molar-refractivity contribution is 7.10. The molecular formula is C21H22N2O2S. The molecule has 1 heterocycles. The number of hydrazone groups is 1. The molecule has 0 radical (unpaired) electrons. The van der Waals surface area contributed by atoms with Gasteiger partial charge >= 0.3 is 0 Å². The fraction of sp³-hybridized carbons (Fsp3) is 0.238. The van der Waals surface area contributed by atoms with Crippen molar-refractivity contribution in [2.45, 2.75) is 20.3 Å². The molecule has 0 spiro atoms. The van der Waals surface area contributed by atoms with Gasteiger partial charge in [0.2, 0.25) is 5.91 Å². The zero-order valence-corrected chi connectivity index (χ0v) is 15.8. The van der Waals surface area contributed by atoms with Gasteiger partial charge in [-0.1, -0.05) is 44.2 Å². The van der Waals surface area contributed by atoms with E-state index in [0.29, 0.717) is 18.9 Å². The van der Waals surface area contributed by atoms with Gasteiger partial charge in [-0.3, -0.25) is 4.79 Å². The maximum absolute atomic E-state index is 11.9. The predicted molar refractivity (Wildman–Crippen MR) is 108 cm³/mol. The van der Waals surface area contributed by atoms with Gasteiger partial charge in [-0.2, -0.15) is 5.10 Å². The SMILES string of the molecule is CC(C)COc1ccc(/C=N\NC(=O)Cc2cccs2)c2ccccc12. The average Bonchev–Trinajstić information content (AvgIpc) is 3.13. The lowest BCUT2D eigenvalue weighted by Crippen LogP contribution is -2.19. The van der Waals surface area contributed by atoms with Crippen LogP contribution in [0.25, 0.3) is 10.8 Å². The van der Waals surface area contributed by atoms with Crippen molar-refractivity contribution < 1.29 is 9.53 Å². The Labute approximate surface area is 157 Å². The van der Waals surface area contributed by atoms with Crippen LogP contribution < -0.4 is 10.2 Å². The molecule has 3 aromatic rings. The van der Waals surface area contributed by atoms with Crippen LogP contribution in [0.2, 0.25) is 0 Å². The van der Waals surface area contributed by atoms with Crippen LogP contribution in [0.15, 0.2) is 59.0 Å². The maximum atomic E-state index is 11.9. The molecule has 0 aliphatic carbocycles. The first-order valence-corrected chi connectivity index (χ1v) is 9.50. The van der Waals surface area contributed by atoms with Crippen molar-refractivity contribution in [2.75, 3.05) is 6.61 Å². The van der Waals surface area contributed by atoms with Crippen molar-refractivity contribution >= 4 is 34.2 Å². The normalized spacial score (nSPS) is 11.3. The lowest BCUT2D eigenvalue weighted by Gasteiger charge is -2.12. The van der Waals surface area contributed by atoms with E-state index in [1.807, 2.05) is 53.9 Å². The van der Waals surface area contributed by atoms with Crippen LogP contribution in [0.1, 0.15) is 24.3 Å². The van der Waals surface area contributed by atoms with Crippen molar-refractivity contribution in [3.63, 3.8) is 0 Å². The summed E-state index contributed by atoms with van der Waals surface area (Å²) in [6, 6.07) is 15.9. The fourth-order valence-corrected chi connectivity index (χ4v) is 3.28. The van der Waals surface area contributed by atoms with Crippen LogP contribution in [-0.4, -0.2) is 18.7 Å². The summed E-state index contributed by atoms with van der Waals surface area (Å²) >= 11 is 1.56. The first-order valence-electron chi connectivity index (χ1n) is 8.62. The van der Waals surface area contributed by atoms with Gasteiger partial charge in [-0.05, 0) is 34.9 Å². The predicted octanol–water partition coefficient (Wildman–Crippen LogP) is 4.63. The van der Waals surface area contributed by atoms with Gasteiger partial charge in [0, 0.05) is 15.8 Å². The lowest BCUT2D eigenvalue weighted by molar-refractivity contribution is -0.120. The monoisotopic (exact) mass is 366 g/mol. The van der Waals surface area contributed by atoms with Gasteiger partial charge in [-0.15, -0.1) is 11.3 Å². The molecule has 5 heteroatoms. The van der Waals surface area contributed by atoms with E-state index in [1.54, 1.807) is 17.6 Å². The molecule has 1 N–H and O–H groups in total. The van der Waals surface area contributed by atoms with Gasteiger partial charge in [0.1, 0.15) is 5.75 Å². The van der Waals surface area contributed by atoms with E-state index in [2.05, 4.69) is 24.4 Å². The molecule has 0 aliphatic heterocycles. The van der Waals surface area contributed by atoms with Crippen LogP contribution in [0.5, 0.6) is 5.75 Å². The van der Waals surface area contributed by atoms with Crippen LogP contribution in [0.3, 0.4) is 0 Å². The van der Waals surface area contributed by atoms with E-state index in [0.717, 1.165) is 27.0 Å². The van der Waals surface area contributed by atoms with E-state index in [9.17, 15) is 4.79 Å².